The van der Waals surface area contributed by atoms with Gasteiger partial charge in [-0.2, -0.15) is 34.8 Å². The number of halogens is 7. The van der Waals surface area contributed by atoms with Gasteiger partial charge in [0.05, 0.1) is 17.2 Å². The molecule has 0 radical (unpaired) electrons. The largest absolute Gasteiger partial charge is 0.522 e. The lowest BCUT2D eigenvalue weighted by Crippen LogP contribution is -2.21. The molecule has 178 valence electrons. The average Bonchev–Trinajstić information content (AvgIpc) is 2.62. The molecule has 0 unspecified atom stereocenters. The molecule has 32 heavy (non-hydrogen) atoms. The van der Waals surface area contributed by atoms with Crippen molar-refractivity contribution < 1.29 is 48.8 Å². The lowest BCUT2D eigenvalue weighted by molar-refractivity contribution is -0.137. The van der Waals surface area contributed by atoms with Crippen molar-refractivity contribution in [1.82, 2.24) is 0 Å². The van der Waals surface area contributed by atoms with Gasteiger partial charge in [0, 0.05) is 6.42 Å². The van der Waals surface area contributed by atoms with Crippen molar-refractivity contribution in [3.63, 3.8) is 0 Å². The highest BCUT2D eigenvalue weighted by Crippen LogP contribution is 2.37. The zero-order valence-electron chi connectivity index (χ0n) is 15.7. The summed E-state index contributed by atoms with van der Waals surface area (Å²) < 4.78 is 106. The number of ether oxygens (including phenoxy) is 2. The maximum Gasteiger partial charge on any atom is 0.522 e. The first kappa shape index (κ1) is 27.3. The molecule has 0 aliphatic carbocycles. The Balaban J connectivity index is 0.000000547. The zero-order chi connectivity index (χ0) is 24.7. The highest BCUT2D eigenvalue weighted by Gasteiger charge is 2.44. The molecule has 0 atom stereocenters. The maximum atomic E-state index is 12.8. The molecule has 0 amide bonds. The summed E-state index contributed by atoms with van der Waals surface area (Å²) in [6.45, 7) is 0.266. The third-order valence-corrected chi connectivity index (χ3v) is 4.26. The Morgan fingerprint density at radius 2 is 1.53 bits per heavy atom. The second-order valence-electron chi connectivity index (χ2n) is 5.77. The van der Waals surface area contributed by atoms with Crippen molar-refractivity contribution in [2.45, 2.75) is 18.1 Å². The van der Waals surface area contributed by atoms with Crippen molar-refractivity contribution in [2.75, 3.05) is 6.61 Å². The van der Waals surface area contributed by atoms with E-state index in [0.29, 0.717) is 12.2 Å². The Morgan fingerprint density at radius 3 is 1.97 bits per heavy atom. The molecule has 2 rings (SSSR count). The molecule has 0 fully saturated rings. The first-order chi connectivity index (χ1) is 14.5. The standard InChI is InChI=1S/C16H14ClF3N2O2.CHF3O3S/c17-14-6-5-12(9-13(14)16(18,19)20)24-11-3-1-10(2-4-11)7-8-23-15(21)22;2-1(3,4)8(5,6)7/h1-6,9H,7-8H2,(H3,21,22);(H,5,6,7). The van der Waals surface area contributed by atoms with E-state index in [-0.39, 0.29) is 23.4 Å². The summed E-state index contributed by atoms with van der Waals surface area (Å²) in [5, 5.41) is 6.56. The molecule has 0 heterocycles. The van der Waals surface area contributed by atoms with Crippen molar-refractivity contribution in [2.24, 2.45) is 5.73 Å². The van der Waals surface area contributed by atoms with Gasteiger partial charge >= 0.3 is 21.8 Å². The lowest BCUT2D eigenvalue weighted by Gasteiger charge is -2.12. The second kappa shape index (κ2) is 10.7. The van der Waals surface area contributed by atoms with E-state index in [9.17, 15) is 26.3 Å². The minimum atomic E-state index is -5.84. The summed E-state index contributed by atoms with van der Waals surface area (Å²) >= 11 is 5.56. The van der Waals surface area contributed by atoms with Gasteiger partial charge < -0.3 is 15.2 Å². The zero-order valence-corrected chi connectivity index (χ0v) is 17.2. The minimum Gasteiger partial charge on any atom is -0.465 e. The van der Waals surface area contributed by atoms with Crippen LogP contribution in [-0.2, 0) is 27.5 Å². The first-order valence-electron chi connectivity index (χ1n) is 8.15. The van der Waals surface area contributed by atoms with Crippen molar-refractivity contribution in [3.05, 3.63) is 58.6 Å². The Bertz CT molecular complexity index is 1030. The Morgan fingerprint density at radius 1 is 1.03 bits per heavy atom. The van der Waals surface area contributed by atoms with Crippen LogP contribution in [0.5, 0.6) is 11.5 Å². The SMILES string of the molecule is N=C(N)OCCc1ccc(Oc2ccc(Cl)c(C(F)(F)F)c2)cc1.O=S(=O)(O)C(F)(F)F. The highest BCUT2D eigenvalue weighted by molar-refractivity contribution is 7.86. The molecule has 4 N–H and O–H groups in total. The van der Waals surface area contributed by atoms with E-state index in [1.54, 1.807) is 24.3 Å². The van der Waals surface area contributed by atoms with Crippen LogP contribution in [-0.4, -0.2) is 31.1 Å². The van der Waals surface area contributed by atoms with Crippen molar-refractivity contribution >= 4 is 27.7 Å². The highest BCUT2D eigenvalue weighted by atomic mass is 35.5. The van der Waals surface area contributed by atoms with E-state index < -0.39 is 27.4 Å². The predicted octanol–water partition coefficient (Wildman–Crippen LogP) is 5.00. The molecule has 0 aliphatic rings. The lowest BCUT2D eigenvalue weighted by atomic mass is 10.1. The predicted molar refractivity (Wildman–Crippen MR) is 102 cm³/mol. The third-order valence-electron chi connectivity index (χ3n) is 3.34. The molecular formula is C17H15ClF6N2O5S. The van der Waals surface area contributed by atoms with Gasteiger partial charge in [-0.15, -0.1) is 0 Å². The molecule has 2 aromatic carbocycles. The molecular weight excluding hydrogens is 494 g/mol. The summed E-state index contributed by atoms with van der Waals surface area (Å²) in [4.78, 5) is 0. The minimum absolute atomic E-state index is 0.0411. The fourth-order valence-electron chi connectivity index (χ4n) is 1.92. The monoisotopic (exact) mass is 508 g/mol. The molecule has 0 saturated carbocycles. The van der Waals surface area contributed by atoms with Crippen LogP contribution in [0.25, 0.3) is 0 Å². The Hall–Kier alpha value is -2.71. The van der Waals surface area contributed by atoms with Crippen LogP contribution in [0.2, 0.25) is 5.02 Å². The quantitative estimate of drug-likeness (QED) is 0.172. The van der Waals surface area contributed by atoms with Crippen LogP contribution in [0.4, 0.5) is 26.3 Å². The van der Waals surface area contributed by atoms with E-state index in [2.05, 4.69) is 0 Å². The first-order valence-corrected chi connectivity index (χ1v) is 9.96. The normalized spacial score (nSPS) is 11.9. The van der Waals surface area contributed by atoms with Gasteiger partial charge in [0.15, 0.2) is 0 Å². The van der Waals surface area contributed by atoms with Gasteiger partial charge in [-0.1, -0.05) is 23.7 Å². The summed E-state index contributed by atoms with van der Waals surface area (Å²) in [7, 11) is -5.84. The number of amidine groups is 1. The van der Waals surface area contributed by atoms with Crippen LogP contribution >= 0.6 is 11.6 Å². The number of nitrogens with two attached hydrogens (primary N) is 1. The van der Waals surface area contributed by atoms with Crippen LogP contribution in [0.15, 0.2) is 42.5 Å². The molecule has 2 aromatic rings. The Kier molecular flexibility index (Phi) is 9.17. The summed E-state index contributed by atoms with van der Waals surface area (Å²) in [5.41, 5.74) is -0.495. The topological polar surface area (TPSA) is 123 Å². The molecule has 0 spiro atoms. The molecule has 7 nitrogen and oxygen atoms in total. The number of benzene rings is 2. The fraction of sp³-hybridized carbons (Fsp3) is 0.235. The smallest absolute Gasteiger partial charge is 0.465 e. The molecule has 15 heteroatoms. The Labute approximate surface area is 182 Å². The number of hydrogen-bond acceptors (Lipinski definition) is 5. The average molecular weight is 509 g/mol. The van der Waals surface area contributed by atoms with Gasteiger partial charge in [-0.3, -0.25) is 9.96 Å². The van der Waals surface area contributed by atoms with Crippen molar-refractivity contribution in [3.8, 4) is 11.5 Å². The van der Waals surface area contributed by atoms with Crippen LogP contribution in [0.3, 0.4) is 0 Å². The fourth-order valence-corrected chi connectivity index (χ4v) is 2.15. The van der Waals surface area contributed by atoms with E-state index in [4.69, 9.17) is 45.2 Å². The molecule has 0 bridgehead atoms. The molecule has 0 aliphatic heterocycles. The maximum absolute atomic E-state index is 12.8. The van der Waals surface area contributed by atoms with Gasteiger partial charge in [0.25, 0.3) is 6.02 Å². The summed E-state index contributed by atoms with van der Waals surface area (Å²) in [6, 6.07) is 9.78. The van der Waals surface area contributed by atoms with Crippen molar-refractivity contribution in [1.29, 1.82) is 5.41 Å². The van der Waals surface area contributed by atoms with E-state index in [1.807, 2.05) is 0 Å². The van der Waals surface area contributed by atoms with Crippen LogP contribution in [0, 0.1) is 5.41 Å². The van der Waals surface area contributed by atoms with Gasteiger partial charge in [0.2, 0.25) is 0 Å². The second-order valence-corrected chi connectivity index (χ2v) is 7.59. The molecule has 0 saturated heterocycles. The van der Waals surface area contributed by atoms with Gasteiger partial charge in [-0.05, 0) is 35.9 Å². The van der Waals surface area contributed by atoms with E-state index in [0.717, 1.165) is 17.7 Å². The number of alkyl halides is 6. The number of nitrogens with one attached hydrogen (secondary N) is 1. The van der Waals surface area contributed by atoms with Gasteiger partial charge in [0.1, 0.15) is 11.5 Å². The van der Waals surface area contributed by atoms with Gasteiger partial charge in [-0.25, -0.2) is 0 Å². The molecule has 0 aromatic heterocycles. The van der Waals surface area contributed by atoms with E-state index in [1.165, 1.54) is 6.07 Å². The summed E-state index contributed by atoms with van der Waals surface area (Å²) in [6.07, 6.45) is -4.00. The van der Waals surface area contributed by atoms with Crippen LogP contribution in [0.1, 0.15) is 11.1 Å². The van der Waals surface area contributed by atoms with Crippen LogP contribution < -0.4 is 10.5 Å². The van der Waals surface area contributed by atoms with E-state index >= 15 is 0 Å². The number of rotatable bonds is 5. The summed E-state index contributed by atoms with van der Waals surface area (Å²) in [5.74, 6) is 0.432. The third kappa shape index (κ3) is 9.20. The number of hydrogen-bond donors (Lipinski definition) is 3.